The predicted octanol–water partition coefficient (Wildman–Crippen LogP) is 2.19. The Morgan fingerprint density at radius 3 is 2.59 bits per heavy atom. The zero-order valence-electron chi connectivity index (χ0n) is 10.9. The Kier molecular flexibility index (Phi) is 4.06. The van der Waals surface area contributed by atoms with Crippen molar-refractivity contribution >= 4 is 28.4 Å². The number of carbonyl (C=O) groups is 1. The van der Waals surface area contributed by atoms with Gasteiger partial charge in [0.2, 0.25) is 0 Å². The molecule has 9 heteroatoms. The SMILES string of the molecule is NC=C(C(=O)O)C(=Nc1nccc2ncccc12)C(F)(F)F. The highest BCUT2D eigenvalue weighted by Gasteiger charge is 2.40. The molecule has 114 valence electrons. The lowest BCUT2D eigenvalue weighted by molar-refractivity contribution is -0.132. The molecule has 6 nitrogen and oxygen atoms in total. The van der Waals surface area contributed by atoms with Gasteiger partial charge >= 0.3 is 12.1 Å². The van der Waals surface area contributed by atoms with E-state index in [2.05, 4.69) is 15.0 Å². The monoisotopic (exact) mass is 310 g/mol. The number of aromatic nitrogens is 2. The summed E-state index contributed by atoms with van der Waals surface area (Å²) in [4.78, 5) is 22.0. The van der Waals surface area contributed by atoms with Crippen LogP contribution in [0.5, 0.6) is 0 Å². The Labute approximate surface area is 121 Å². The van der Waals surface area contributed by atoms with Gasteiger partial charge in [0, 0.05) is 24.0 Å². The first-order valence-electron chi connectivity index (χ1n) is 5.85. The molecule has 0 fully saturated rings. The van der Waals surface area contributed by atoms with E-state index < -0.39 is 23.4 Å². The number of carboxylic acids is 1. The number of fused-ring (bicyclic) bond motifs is 1. The molecule has 0 aliphatic heterocycles. The molecule has 3 N–H and O–H groups in total. The molecule has 0 amide bonds. The smallest absolute Gasteiger partial charge is 0.434 e. The van der Waals surface area contributed by atoms with Gasteiger partial charge in [-0.25, -0.2) is 14.8 Å². The van der Waals surface area contributed by atoms with Gasteiger partial charge in [-0.15, -0.1) is 0 Å². The van der Waals surface area contributed by atoms with Crippen LogP contribution in [0.15, 0.2) is 47.4 Å². The first kappa shape index (κ1) is 15.4. The second kappa shape index (κ2) is 5.80. The van der Waals surface area contributed by atoms with Gasteiger partial charge in [0.25, 0.3) is 0 Å². The molecule has 0 bridgehead atoms. The highest BCUT2D eigenvalue weighted by atomic mass is 19.4. The maximum absolute atomic E-state index is 13.1. The molecule has 0 aromatic carbocycles. The fraction of sp³-hybridized carbons (Fsp3) is 0.0769. The predicted molar refractivity (Wildman–Crippen MR) is 72.6 cm³/mol. The van der Waals surface area contributed by atoms with Gasteiger partial charge in [0.15, 0.2) is 11.5 Å². The van der Waals surface area contributed by atoms with E-state index in [1.807, 2.05) is 0 Å². The number of nitrogens with two attached hydrogens (primary N) is 1. The molecular weight excluding hydrogens is 301 g/mol. The van der Waals surface area contributed by atoms with Gasteiger partial charge in [-0.3, -0.25) is 4.98 Å². The minimum absolute atomic E-state index is 0.258. The Bertz CT molecular complexity index is 779. The molecule has 0 saturated heterocycles. The second-order valence-electron chi connectivity index (χ2n) is 4.05. The lowest BCUT2D eigenvalue weighted by Gasteiger charge is -2.11. The van der Waals surface area contributed by atoms with E-state index in [-0.39, 0.29) is 11.2 Å². The lowest BCUT2D eigenvalue weighted by Crippen LogP contribution is -2.29. The van der Waals surface area contributed by atoms with Crippen molar-refractivity contribution in [3.05, 3.63) is 42.4 Å². The van der Waals surface area contributed by atoms with E-state index in [1.165, 1.54) is 30.6 Å². The quantitative estimate of drug-likeness (QED) is 0.668. The number of aliphatic carboxylic acids is 1. The van der Waals surface area contributed by atoms with Gasteiger partial charge in [-0.2, -0.15) is 13.2 Å². The molecule has 2 heterocycles. The number of aliphatic imine (C=N–C) groups is 1. The Morgan fingerprint density at radius 2 is 2.00 bits per heavy atom. The third kappa shape index (κ3) is 3.03. The Balaban J connectivity index is 2.70. The number of hydrogen-bond acceptors (Lipinski definition) is 5. The molecule has 0 aliphatic carbocycles. The summed E-state index contributed by atoms with van der Waals surface area (Å²) in [7, 11) is 0. The number of halogens is 3. The highest BCUT2D eigenvalue weighted by Crippen LogP contribution is 2.28. The van der Waals surface area contributed by atoms with Crippen LogP contribution in [0.25, 0.3) is 10.9 Å². The summed E-state index contributed by atoms with van der Waals surface area (Å²) in [5.41, 5.74) is 2.57. The van der Waals surface area contributed by atoms with Crippen molar-refractivity contribution in [1.82, 2.24) is 9.97 Å². The summed E-state index contributed by atoms with van der Waals surface area (Å²) in [5, 5.41) is 9.09. The minimum Gasteiger partial charge on any atom is -0.478 e. The van der Waals surface area contributed by atoms with Crippen molar-refractivity contribution in [3.63, 3.8) is 0 Å². The summed E-state index contributed by atoms with van der Waals surface area (Å²) in [5.74, 6) is -2.13. The number of hydrogen-bond donors (Lipinski definition) is 2. The largest absolute Gasteiger partial charge is 0.478 e. The maximum Gasteiger partial charge on any atom is 0.434 e. The second-order valence-corrected chi connectivity index (χ2v) is 4.05. The number of pyridine rings is 2. The molecule has 2 aromatic heterocycles. The van der Waals surface area contributed by atoms with Crippen LogP contribution in [0.1, 0.15) is 0 Å². The van der Waals surface area contributed by atoms with Crippen molar-refractivity contribution in [2.24, 2.45) is 10.7 Å². The summed E-state index contributed by atoms with van der Waals surface area (Å²) in [6.07, 6.45) is -1.97. The van der Waals surface area contributed by atoms with Crippen LogP contribution in [0.3, 0.4) is 0 Å². The third-order valence-corrected chi connectivity index (χ3v) is 2.65. The average molecular weight is 310 g/mol. The van der Waals surface area contributed by atoms with Crippen LogP contribution in [-0.4, -0.2) is 32.9 Å². The lowest BCUT2D eigenvalue weighted by atomic mass is 10.1. The van der Waals surface area contributed by atoms with E-state index in [0.717, 1.165) is 0 Å². The summed E-state index contributed by atoms with van der Waals surface area (Å²) >= 11 is 0. The summed E-state index contributed by atoms with van der Waals surface area (Å²) in [6.45, 7) is 0. The van der Waals surface area contributed by atoms with Gasteiger partial charge < -0.3 is 10.8 Å². The van der Waals surface area contributed by atoms with Crippen LogP contribution >= 0.6 is 0 Å². The first-order chi connectivity index (χ1) is 10.3. The number of carboxylic acid groups (broad SMARTS) is 1. The van der Waals surface area contributed by atoms with Crippen LogP contribution in [-0.2, 0) is 4.79 Å². The van der Waals surface area contributed by atoms with Crippen LogP contribution in [0.2, 0.25) is 0 Å². The fourth-order valence-electron chi connectivity index (χ4n) is 1.71. The van der Waals surface area contributed by atoms with Gasteiger partial charge in [-0.1, -0.05) is 0 Å². The van der Waals surface area contributed by atoms with Crippen molar-refractivity contribution in [1.29, 1.82) is 0 Å². The number of nitrogens with zero attached hydrogens (tertiary/aromatic N) is 3. The Hall–Kier alpha value is -2.97. The van der Waals surface area contributed by atoms with Crippen molar-refractivity contribution in [3.8, 4) is 0 Å². The summed E-state index contributed by atoms with van der Waals surface area (Å²) in [6, 6.07) is 4.49. The Morgan fingerprint density at radius 1 is 1.27 bits per heavy atom. The maximum atomic E-state index is 13.1. The zero-order valence-corrected chi connectivity index (χ0v) is 10.9. The van der Waals surface area contributed by atoms with Gasteiger partial charge in [0.1, 0.15) is 5.57 Å². The van der Waals surface area contributed by atoms with Gasteiger partial charge in [-0.05, 0) is 18.2 Å². The number of alkyl halides is 3. The molecule has 0 unspecified atom stereocenters. The average Bonchev–Trinajstić information content (AvgIpc) is 2.46. The number of rotatable bonds is 3. The van der Waals surface area contributed by atoms with Gasteiger partial charge in [0.05, 0.1) is 5.52 Å². The van der Waals surface area contributed by atoms with Crippen LogP contribution in [0, 0.1) is 0 Å². The topological polar surface area (TPSA) is 101 Å². The first-order valence-corrected chi connectivity index (χ1v) is 5.85. The zero-order chi connectivity index (χ0) is 16.3. The van der Waals surface area contributed by atoms with E-state index in [0.29, 0.717) is 11.7 Å². The van der Waals surface area contributed by atoms with Crippen LogP contribution in [0.4, 0.5) is 19.0 Å². The normalized spacial score (nSPS) is 13.4. The minimum atomic E-state index is -5.00. The van der Waals surface area contributed by atoms with E-state index in [4.69, 9.17) is 10.8 Å². The van der Waals surface area contributed by atoms with Crippen molar-refractivity contribution in [2.45, 2.75) is 6.18 Å². The molecule has 0 spiro atoms. The highest BCUT2D eigenvalue weighted by molar-refractivity contribution is 6.22. The van der Waals surface area contributed by atoms with Crippen molar-refractivity contribution < 1.29 is 23.1 Å². The molecule has 2 rings (SSSR count). The summed E-state index contributed by atoms with van der Waals surface area (Å²) < 4.78 is 39.2. The molecule has 0 radical (unpaired) electrons. The molecule has 0 saturated carbocycles. The molecular formula is C13H9F3N4O2. The fourth-order valence-corrected chi connectivity index (χ4v) is 1.71. The van der Waals surface area contributed by atoms with Crippen molar-refractivity contribution in [2.75, 3.05) is 0 Å². The standard InChI is InChI=1S/C13H9F3N4O2/c14-13(15,16)10(8(6-17)12(21)22)20-11-7-2-1-4-18-9(7)3-5-19-11/h1-6H,17H2,(H,21,22). The third-order valence-electron chi connectivity index (χ3n) is 2.65. The van der Waals surface area contributed by atoms with Crippen LogP contribution < -0.4 is 5.73 Å². The molecule has 22 heavy (non-hydrogen) atoms. The molecule has 0 atom stereocenters. The molecule has 0 aliphatic rings. The van der Waals surface area contributed by atoms with E-state index >= 15 is 0 Å². The van der Waals surface area contributed by atoms with E-state index in [9.17, 15) is 18.0 Å². The molecule has 2 aromatic rings. The van der Waals surface area contributed by atoms with E-state index in [1.54, 1.807) is 0 Å².